The normalized spacial score (nSPS) is 44.4. The molecule has 6 N–H and O–H groups in total. The second kappa shape index (κ2) is 9.57. The zero-order valence-corrected chi connectivity index (χ0v) is 18.4. The predicted octanol–water partition coefficient (Wildman–Crippen LogP) is -3.73. The minimum absolute atomic E-state index is 0.812. The molecular formula is C18H36O12. The minimum atomic E-state index is -2.87. The third kappa shape index (κ3) is 3.22. The maximum absolute atomic E-state index is 11.7. The van der Waals surface area contributed by atoms with E-state index in [0.717, 1.165) is 0 Å². The van der Waals surface area contributed by atoms with Gasteiger partial charge in [0.1, 0.15) is 0 Å². The molecule has 0 unspecified atom stereocenters. The highest BCUT2D eigenvalue weighted by Crippen LogP contribution is 2.59. The van der Waals surface area contributed by atoms with E-state index in [4.69, 9.17) is 28.4 Å². The fraction of sp³-hybridized carbons (Fsp3) is 1.00. The molecule has 0 saturated heterocycles. The van der Waals surface area contributed by atoms with Gasteiger partial charge in [0, 0.05) is 42.7 Å². The second-order valence-corrected chi connectivity index (χ2v) is 7.76. The molecule has 0 atom stereocenters. The molecule has 0 heterocycles. The monoisotopic (exact) mass is 444 g/mol. The van der Waals surface area contributed by atoms with E-state index >= 15 is 0 Å². The summed E-state index contributed by atoms with van der Waals surface area (Å²) >= 11 is 0. The van der Waals surface area contributed by atoms with Crippen LogP contribution in [0.25, 0.3) is 0 Å². The Balaban J connectivity index is 4.18. The molecule has 0 aromatic heterocycles. The molecule has 1 fully saturated rings. The summed E-state index contributed by atoms with van der Waals surface area (Å²) in [5.74, 6) is 0. The van der Waals surface area contributed by atoms with Crippen LogP contribution in [0.3, 0.4) is 0 Å². The van der Waals surface area contributed by atoms with Gasteiger partial charge < -0.3 is 59.1 Å². The summed E-state index contributed by atoms with van der Waals surface area (Å²) in [5, 5.41) is 70.4. The van der Waals surface area contributed by atoms with E-state index < -0.39 is 73.2 Å². The van der Waals surface area contributed by atoms with E-state index in [1.54, 1.807) is 0 Å². The molecule has 180 valence electrons. The van der Waals surface area contributed by atoms with Crippen LogP contribution in [0.15, 0.2) is 0 Å². The van der Waals surface area contributed by atoms with E-state index in [0.29, 0.717) is 0 Å². The maximum atomic E-state index is 11.7. The van der Waals surface area contributed by atoms with Crippen molar-refractivity contribution in [1.29, 1.82) is 0 Å². The SMILES string of the molecule is COCC1(O)C(O)(COC)C(O)(COC)C(O)(COC)C(O)(COC)C1(O)COC. The number of methoxy groups -OCH3 is 6. The average Bonchev–Trinajstić information content (AvgIpc) is 2.67. The van der Waals surface area contributed by atoms with Gasteiger partial charge in [-0.05, 0) is 0 Å². The Bertz CT molecular complexity index is 417. The van der Waals surface area contributed by atoms with Gasteiger partial charge in [0.25, 0.3) is 0 Å². The van der Waals surface area contributed by atoms with Crippen molar-refractivity contribution in [3.8, 4) is 0 Å². The van der Waals surface area contributed by atoms with Crippen molar-refractivity contribution in [2.45, 2.75) is 33.6 Å². The van der Waals surface area contributed by atoms with Gasteiger partial charge in [0.15, 0.2) is 33.6 Å². The average molecular weight is 444 g/mol. The van der Waals surface area contributed by atoms with Gasteiger partial charge >= 0.3 is 0 Å². The summed E-state index contributed by atoms with van der Waals surface area (Å²) in [4.78, 5) is 0. The van der Waals surface area contributed by atoms with E-state index in [1.807, 2.05) is 0 Å². The van der Waals surface area contributed by atoms with Crippen LogP contribution in [-0.2, 0) is 28.4 Å². The molecule has 1 aliphatic carbocycles. The highest BCUT2D eigenvalue weighted by molar-refractivity contribution is 5.39. The molecule has 1 aliphatic rings. The van der Waals surface area contributed by atoms with Crippen molar-refractivity contribution in [3.63, 3.8) is 0 Å². The summed E-state index contributed by atoms with van der Waals surface area (Å²) in [6.45, 7) is -4.87. The zero-order chi connectivity index (χ0) is 23.5. The van der Waals surface area contributed by atoms with Crippen molar-refractivity contribution in [3.05, 3.63) is 0 Å². The second-order valence-electron chi connectivity index (χ2n) is 7.76. The van der Waals surface area contributed by atoms with Crippen molar-refractivity contribution in [2.24, 2.45) is 0 Å². The molecule has 12 nitrogen and oxygen atoms in total. The van der Waals surface area contributed by atoms with Crippen LogP contribution in [0.4, 0.5) is 0 Å². The topological polar surface area (TPSA) is 177 Å². The predicted molar refractivity (Wildman–Crippen MR) is 101 cm³/mol. The largest absolute Gasteiger partial charge is 0.381 e. The summed E-state index contributed by atoms with van der Waals surface area (Å²) in [6, 6.07) is 0. The first-order valence-corrected chi connectivity index (χ1v) is 9.14. The van der Waals surface area contributed by atoms with Gasteiger partial charge in [-0.2, -0.15) is 0 Å². The quantitative estimate of drug-likeness (QED) is 0.174. The third-order valence-corrected chi connectivity index (χ3v) is 6.22. The summed E-state index contributed by atoms with van der Waals surface area (Å²) in [6.07, 6.45) is 0. The number of hydrogen-bond acceptors (Lipinski definition) is 12. The molecule has 0 amide bonds. The Morgan fingerprint density at radius 1 is 0.333 bits per heavy atom. The van der Waals surface area contributed by atoms with Gasteiger partial charge in [-0.1, -0.05) is 0 Å². The number of aliphatic hydroxyl groups is 6. The van der Waals surface area contributed by atoms with Gasteiger partial charge in [0.2, 0.25) is 0 Å². The van der Waals surface area contributed by atoms with Crippen molar-refractivity contribution in [1.82, 2.24) is 0 Å². The standard InChI is InChI=1S/C18H36O12/c1-25-7-13(19)14(20,8-26-2)16(22,10-28-4)18(24,12-30-6)17(23,11-29-5)15(13,21)9-27-3/h19-24H,7-12H2,1-6H3. The van der Waals surface area contributed by atoms with Crippen LogP contribution in [0, 0.1) is 0 Å². The highest BCUT2D eigenvalue weighted by atomic mass is 16.6. The van der Waals surface area contributed by atoms with Crippen LogP contribution in [-0.4, -0.2) is 147 Å². The number of hydrogen-bond donors (Lipinski definition) is 6. The Labute approximate surface area is 175 Å². The lowest BCUT2D eigenvalue weighted by atomic mass is 9.44. The van der Waals surface area contributed by atoms with E-state index in [1.165, 1.54) is 42.7 Å². The molecule has 0 aliphatic heterocycles. The zero-order valence-electron chi connectivity index (χ0n) is 18.4. The van der Waals surface area contributed by atoms with Crippen LogP contribution in [0.5, 0.6) is 0 Å². The molecule has 12 heteroatoms. The van der Waals surface area contributed by atoms with Crippen molar-refractivity contribution < 1.29 is 59.1 Å². The van der Waals surface area contributed by atoms with E-state index in [-0.39, 0.29) is 0 Å². The Hall–Kier alpha value is -0.480. The van der Waals surface area contributed by atoms with Gasteiger partial charge in [-0.25, -0.2) is 0 Å². The molecule has 0 aromatic rings. The first-order chi connectivity index (χ1) is 13.9. The van der Waals surface area contributed by atoms with Crippen molar-refractivity contribution in [2.75, 3.05) is 82.3 Å². The maximum Gasteiger partial charge on any atom is 0.155 e. The lowest BCUT2D eigenvalue weighted by Gasteiger charge is -2.71. The van der Waals surface area contributed by atoms with Gasteiger partial charge in [-0.3, -0.25) is 0 Å². The van der Waals surface area contributed by atoms with Gasteiger partial charge in [0.05, 0.1) is 39.6 Å². The Kier molecular flexibility index (Phi) is 8.79. The van der Waals surface area contributed by atoms with Crippen LogP contribution >= 0.6 is 0 Å². The fourth-order valence-electron chi connectivity index (χ4n) is 4.74. The lowest BCUT2D eigenvalue weighted by Crippen LogP contribution is -2.99. The Morgan fingerprint density at radius 3 is 0.500 bits per heavy atom. The minimum Gasteiger partial charge on any atom is -0.381 e. The molecule has 0 aromatic carbocycles. The van der Waals surface area contributed by atoms with Crippen molar-refractivity contribution >= 4 is 0 Å². The van der Waals surface area contributed by atoms with Gasteiger partial charge in [-0.15, -0.1) is 0 Å². The number of rotatable bonds is 12. The summed E-state index contributed by atoms with van der Waals surface area (Å²) in [5.41, 5.74) is -17.2. The van der Waals surface area contributed by atoms with Crippen LogP contribution in [0.2, 0.25) is 0 Å². The molecule has 0 spiro atoms. The number of ether oxygens (including phenoxy) is 6. The third-order valence-electron chi connectivity index (χ3n) is 6.22. The highest BCUT2D eigenvalue weighted by Gasteiger charge is 2.89. The Morgan fingerprint density at radius 2 is 0.433 bits per heavy atom. The molecule has 0 radical (unpaired) electrons. The summed E-state index contributed by atoms with van der Waals surface area (Å²) in [7, 11) is 6.99. The molecular weight excluding hydrogens is 408 g/mol. The molecule has 1 rings (SSSR count). The van der Waals surface area contributed by atoms with Crippen LogP contribution in [0.1, 0.15) is 0 Å². The first kappa shape index (κ1) is 27.6. The molecule has 30 heavy (non-hydrogen) atoms. The van der Waals surface area contributed by atoms with E-state index in [9.17, 15) is 30.6 Å². The lowest BCUT2D eigenvalue weighted by molar-refractivity contribution is -0.461. The molecule has 0 bridgehead atoms. The smallest absolute Gasteiger partial charge is 0.155 e. The first-order valence-electron chi connectivity index (χ1n) is 9.14. The van der Waals surface area contributed by atoms with E-state index in [2.05, 4.69) is 0 Å². The van der Waals surface area contributed by atoms with Crippen LogP contribution < -0.4 is 0 Å². The molecule has 1 saturated carbocycles. The fourth-order valence-corrected chi connectivity index (χ4v) is 4.74. The summed E-state index contributed by atoms with van der Waals surface area (Å²) < 4.78 is 30.2.